The van der Waals surface area contributed by atoms with Crippen LogP contribution in [0.3, 0.4) is 0 Å². The maximum atomic E-state index is 9.99. The van der Waals surface area contributed by atoms with Gasteiger partial charge in [-0.3, -0.25) is 4.90 Å². The Morgan fingerprint density at radius 1 is 1.40 bits per heavy atom. The summed E-state index contributed by atoms with van der Waals surface area (Å²) < 4.78 is 1.03. The number of benzene rings is 1. The lowest BCUT2D eigenvalue weighted by atomic mass is 10.0. The first-order chi connectivity index (χ1) is 9.69. The summed E-state index contributed by atoms with van der Waals surface area (Å²) in [5.74, 6) is 0.394. The molecule has 1 unspecified atom stereocenters. The third-order valence-corrected chi connectivity index (χ3v) is 4.36. The predicted molar refractivity (Wildman–Crippen MR) is 87.0 cm³/mol. The largest absolute Gasteiger partial charge is 0.508 e. The van der Waals surface area contributed by atoms with Gasteiger partial charge in [0.1, 0.15) is 5.75 Å². The minimum Gasteiger partial charge on any atom is -0.508 e. The molecule has 4 heteroatoms. The summed E-state index contributed by atoms with van der Waals surface area (Å²) in [5, 5.41) is 13.6. The summed E-state index contributed by atoms with van der Waals surface area (Å²) in [4.78, 5) is 2.45. The molecule has 1 aliphatic heterocycles. The van der Waals surface area contributed by atoms with E-state index in [1.807, 2.05) is 12.1 Å². The van der Waals surface area contributed by atoms with Crippen LogP contribution in [0.25, 0.3) is 0 Å². The summed E-state index contributed by atoms with van der Waals surface area (Å²) >= 11 is 3.48. The molecule has 1 aliphatic rings. The maximum Gasteiger partial charge on any atom is 0.120 e. The van der Waals surface area contributed by atoms with E-state index in [-0.39, 0.29) is 0 Å². The molecular formula is C16H25BrN2O. The van der Waals surface area contributed by atoms with Crippen molar-refractivity contribution in [3.05, 3.63) is 28.2 Å². The number of halogens is 1. The lowest BCUT2D eigenvalue weighted by Gasteiger charge is -2.30. The van der Waals surface area contributed by atoms with E-state index in [0.29, 0.717) is 11.8 Å². The fourth-order valence-electron chi connectivity index (χ4n) is 2.86. The smallest absolute Gasteiger partial charge is 0.120 e. The van der Waals surface area contributed by atoms with Crippen LogP contribution in [0.15, 0.2) is 22.7 Å². The first-order valence-corrected chi connectivity index (χ1v) is 8.41. The Morgan fingerprint density at radius 2 is 2.25 bits per heavy atom. The molecule has 1 atom stereocenters. The number of phenols is 1. The van der Waals surface area contributed by atoms with Crippen LogP contribution >= 0.6 is 15.9 Å². The molecule has 2 N–H and O–H groups in total. The van der Waals surface area contributed by atoms with Gasteiger partial charge in [-0.2, -0.15) is 0 Å². The normalized spacial score (nSPS) is 19.4. The first-order valence-electron chi connectivity index (χ1n) is 7.62. The van der Waals surface area contributed by atoms with Gasteiger partial charge in [0.15, 0.2) is 0 Å². The van der Waals surface area contributed by atoms with Gasteiger partial charge in [0.25, 0.3) is 0 Å². The summed E-state index contributed by atoms with van der Waals surface area (Å²) in [7, 11) is 0. The number of aromatic hydroxyl groups is 1. The second-order valence-corrected chi connectivity index (χ2v) is 6.57. The fraction of sp³-hybridized carbons (Fsp3) is 0.625. The molecule has 1 fully saturated rings. The Bertz CT molecular complexity index is 419. The molecule has 0 radical (unpaired) electrons. The summed E-state index contributed by atoms with van der Waals surface area (Å²) in [6.45, 7) is 6.32. The summed E-state index contributed by atoms with van der Waals surface area (Å²) in [5.41, 5.74) is 1.00. The lowest BCUT2D eigenvalue weighted by molar-refractivity contribution is 0.215. The lowest BCUT2D eigenvalue weighted by Crippen LogP contribution is -2.43. The Hall–Kier alpha value is -0.580. The minimum absolute atomic E-state index is 0.394. The second kappa shape index (κ2) is 8.01. The van der Waals surface area contributed by atoms with Crippen molar-refractivity contribution in [1.82, 2.24) is 10.2 Å². The zero-order chi connectivity index (χ0) is 14.4. The molecule has 0 bridgehead atoms. The average molecular weight is 341 g/mol. The van der Waals surface area contributed by atoms with E-state index < -0.39 is 0 Å². The highest BCUT2D eigenvalue weighted by atomic mass is 79.9. The van der Waals surface area contributed by atoms with Crippen molar-refractivity contribution in [3.63, 3.8) is 0 Å². The second-order valence-electron chi connectivity index (χ2n) is 5.65. The van der Waals surface area contributed by atoms with Crippen LogP contribution in [0.5, 0.6) is 5.75 Å². The van der Waals surface area contributed by atoms with Crippen LogP contribution in [-0.4, -0.2) is 35.7 Å². The van der Waals surface area contributed by atoms with Crippen molar-refractivity contribution in [3.8, 4) is 5.75 Å². The standard InChI is InChI=1S/C16H25BrN2O/c1-2-9-19(12-15-5-3-4-8-18-15)11-13-10-14(17)6-7-16(13)20/h6-7,10,15,18,20H,2-5,8-9,11-12H2,1H3. The van der Waals surface area contributed by atoms with Gasteiger partial charge in [-0.15, -0.1) is 0 Å². The molecule has 3 nitrogen and oxygen atoms in total. The maximum absolute atomic E-state index is 9.99. The quantitative estimate of drug-likeness (QED) is 0.831. The van der Waals surface area contributed by atoms with E-state index in [0.717, 1.165) is 42.6 Å². The molecule has 20 heavy (non-hydrogen) atoms. The number of hydrogen-bond donors (Lipinski definition) is 2. The summed E-state index contributed by atoms with van der Waals surface area (Å²) in [6.07, 6.45) is 5.04. The van der Waals surface area contributed by atoms with Crippen LogP contribution in [0, 0.1) is 0 Å². The van der Waals surface area contributed by atoms with Crippen molar-refractivity contribution >= 4 is 15.9 Å². The van der Waals surface area contributed by atoms with Crippen molar-refractivity contribution in [2.24, 2.45) is 0 Å². The Labute approximate surface area is 130 Å². The third-order valence-electron chi connectivity index (χ3n) is 3.87. The van der Waals surface area contributed by atoms with Crippen LogP contribution in [-0.2, 0) is 6.54 Å². The molecule has 0 aliphatic carbocycles. The molecule has 0 aromatic heterocycles. The zero-order valence-electron chi connectivity index (χ0n) is 12.2. The topological polar surface area (TPSA) is 35.5 Å². The number of piperidine rings is 1. The van der Waals surface area contributed by atoms with E-state index in [4.69, 9.17) is 0 Å². The van der Waals surface area contributed by atoms with Crippen LogP contribution in [0.1, 0.15) is 38.2 Å². The Kier molecular flexibility index (Phi) is 6.33. The van der Waals surface area contributed by atoms with Crippen molar-refractivity contribution in [1.29, 1.82) is 0 Å². The first kappa shape index (κ1) is 15.8. The molecule has 0 amide bonds. The Morgan fingerprint density at radius 3 is 2.95 bits per heavy atom. The van der Waals surface area contributed by atoms with Gasteiger partial charge in [0.2, 0.25) is 0 Å². The SMILES string of the molecule is CCCN(Cc1cc(Br)ccc1O)CC1CCCCN1. The molecule has 112 valence electrons. The molecule has 0 spiro atoms. The number of phenolic OH excluding ortho intramolecular Hbond substituents is 1. The number of hydrogen-bond acceptors (Lipinski definition) is 3. The van der Waals surface area contributed by atoms with E-state index in [2.05, 4.69) is 33.1 Å². The minimum atomic E-state index is 0.394. The van der Waals surface area contributed by atoms with Crippen LogP contribution in [0.4, 0.5) is 0 Å². The molecule has 0 saturated carbocycles. The molecular weight excluding hydrogens is 316 g/mol. The van der Waals surface area contributed by atoms with Gasteiger partial charge in [-0.1, -0.05) is 29.3 Å². The number of nitrogens with one attached hydrogen (secondary N) is 1. The molecule has 1 saturated heterocycles. The molecule has 1 aromatic carbocycles. The van der Waals surface area contributed by atoms with Gasteiger partial charge in [-0.05, 0) is 50.6 Å². The predicted octanol–water partition coefficient (Wildman–Crippen LogP) is 3.51. The van der Waals surface area contributed by atoms with Gasteiger partial charge in [0, 0.05) is 29.2 Å². The van der Waals surface area contributed by atoms with Gasteiger partial charge >= 0.3 is 0 Å². The van der Waals surface area contributed by atoms with E-state index in [9.17, 15) is 5.11 Å². The third kappa shape index (κ3) is 4.76. The van der Waals surface area contributed by atoms with E-state index >= 15 is 0 Å². The van der Waals surface area contributed by atoms with Crippen molar-refractivity contribution in [2.75, 3.05) is 19.6 Å². The van der Waals surface area contributed by atoms with Gasteiger partial charge in [0.05, 0.1) is 0 Å². The summed E-state index contributed by atoms with van der Waals surface area (Å²) in [6, 6.07) is 6.27. The zero-order valence-corrected chi connectivity index (χ0v) is 13.8. The van der Waals surface area contributed by atoms with Gasteiger partial charge < -0.3 is 10.4 Å². The fourth-order valence-corrected chi connectivity index (χ4v) is 3.27. The van der Waals surface area contributed by atoms with E-state index in [1.54, 1.807) is 6.07 Å². The number of rotatable bonds is 6. The number of nitrogens with zero attached hydrogens (tertiary/aromatic N) is 1. The van der Waals surface area contributed by atoms with Crippen LogP contribution < -0.4 is 5.32 Å². The highest BCUT2D eigenvalue weighted by molar-refractivity contribution is 9.10. The monoisotopic (exact) mass is 340 g/mol. The molecule has 1 aromatic rings. The van der Waals surface area contributed by atoms with Crippen molar-refractivity contribution in [2.45, 2.75) is 45.2 Å². The molecule has 2 rings (SSSR count). The van der Waals surface area contributed by atoms with E-state index in [1.165, 1.54) is 19.3 Å². The highest BCUT2D eigenvalue weighted by Gasteiger charge is 2.17. The molecule has 1 heterocycles. The Balaban J connectivity index is 1.98. The van der Waals surface area contributed by atoms with Gasteiger partial charge in [-0.25, -0.2) is 0 Å². The average Bonchev–Trinajstić information content (AvgIpc) is 2.44. The van der Waals surface area contributed by atoms with Crippen LogP contribution in [0.2, 0.25) is 0 Å². The highest BCUT2D eigenvalue weighted by Crippen LogP contribution is 2.23. The van der Waals surface area contributed by atoms with Crippen molar-refractivity contribution < 1.29 is 5.11 Å².